The molecule has 0 spiro atoms. The Morgan fingerprint density at radius 3 is 2.43 bits per heavy atom. The molecule has 1 aliphatic rings. The lowest BCUT2D eigenvalue weighted by molar-refractivity contribution is -0.130. The minimum atomic E-state index is -0.281. The van der Waals surface area contributed by atoms with Gasteiger partial charge in [-0.15, -0.1) is 21.5 Å². The third kappa shape index (κ3) is 6.90. The third-order valence-corrected chi connectivity index (χ3v) is 8.86. The van der Waals surface area contributed by atoms with Crippen LogP contribution in [-0.2, 0) is 16.1 Å². The second-order valence-electron chi connectivity index (χ2n) is 10.1. The monoisotopic (exact) mass is 622 g/mol. The Morgan fingerprint density at radius 1 is 0.955 bits per heavy atom. The van der Waals surface area contributed by atoms with Crippen LogP contribution in [0.15, 0.2) is 113 Å². The summed E-state index contributed by atoms with van der Waals surface area (Å²) in [6.45, 7) is 2.07. The number of amides is 2. The molecule has 1 aliphatic heterocycles. The Labute approximate surface area is 263 Å². The topological polar surface area (TPSA) is 102 Å². The number of aromatic nitrogens is 3. The van der Waals surface area contributed by atoms with E-state index in [4.69, 9.17) is 9.84 Å². The number of ether oxygens (including phenoxy) is 1. The van der Waals surface area contributed by atoms with Gasteiger partial charge in [0, 0.05) is 12.1 Å². The minimum Gasteiger partial charge on any atom is -0.484 e. The number of hydrazone groups is 1. The van der Waals surface area contributed by atoms with Crippen molar-refractivity contribution in [2.24, 2.45) is 5.10 Å². The molecule has 0 fully saturated rings. The molecular formula is C33H30N6O3S2. The van der Waals surface area contributed by atoms with Crippen LogP contribution in [0.25, 0.3) is 5.69 Å². The largest absolute Gasteiger partial charge is 0.484 e. The molecule has 0 aliphatic carbocycles. The van der Waals surface area contributed by atoms with E-state index in [0.717, 1.165) is 27.4 Å². The normalized spacial score (nSPS) is 14.3. The van der Waals surface area contributed by atoms with Gasteiger partial charge >= 0.3 is 0 Å². The fourth-order valence-electron chi connectivity index (χ4n) is 4.81. The Hall–Kier alpha value is -4.74. The predicted octanol–water partition coefficient (Wildman–Crippen LogP) is 5.80. The third-order valence-electron chi connectivity index (χ3n) is 7.03. The van der Waals surface area contributed by atoms with E-state index < -0.39 is 0 Å². The van der Waals surface area contributed by atoms with Crippen molar-refractivity contribution in [2.75, 3.05) is 12.4 Å². The van der Waals surface area contributed by atoms with Crippen LogP contribution in [0, 0.1) is 6.92 Å². The van der Waals surface area contributed by atoms with Crippen LogP contribution in [0.1, 0.15) is 34.3 Å². The molecule has 1 N–H and O–H groups in total. The molecule has 5 aromatic rings. The summed E-state index contributed by atoms with van der Waals surface area (Å²) in [5, 5.41) is 20.6. The summed E-state index contributed by atoms with van der Waals surface area (Å²) < 4.78 is 7.42. The average Bonchev–Trinajstić information content (AvgIpc) is 3.83. The summed E-state index contributed by atoms with van der Waals surface area (Å²) >= 11 is 2.91. The predicted molar refractivity (Wildman–Crippen MR) is 172 cm³/mol. The van der Waals surface area contributed by atoms with Gasteiger partial charge in [0.25, 0.3) is 11.8 Å². The molecule has 0 saturated heterocycles. The van der Waals surface area contributed by atoms with E-state index in [-0.39, 0.29) is 36.8 Å². The van der Waals surface area contributed by atoms with E-state index in [1.165, 1.54) is 11.8 Å². The van der Waals surface area contributed by atoms with E-state index in [9.17, 15) is 9.59 Å². The molecule has 222 valence electrons. The first-order valence-electron chi connectivity index (χ1n) is 14.1. The van der Waals surface area contributed by atoms with Gasteiger partial charge in [0.15, 0.2) is 17.6 Å². The molecule has 0 saturated carbocycles. The van der Waals surface area contributed by atoms with Gasteiger partial charge in [0.2, 0.25) is 0 Å². The van der Waals surface area contributed by atoms with E-state index in [2.05, 4.69) is 39.8 Å². The van der Waals surface area contributed by atoms with Crippen LogP contribution in [0.5, 0.6) is 5.75 Å². The first-order chi connectivity index (χ1) is 21.5. The molecule has 0 unspecified atom stereocenters. The van der Waals surface area contributed by atoms with Gasteiger partial charge in [-0.05, 0) is 48.2 Å². The van der Waals surface area contributed by atoms with Gasteiger partial charge in [-0.25, -0.2) is 5.01 Å². The highest BCUT2D eigenvalue weighted by atomic mass is 32.2. The number of rotatable bonds is 11. The van der Waals surface area contributed by atoms with Gasteiger partial charge in [0.1, 0.15) is 5.75 Å². The highest BCUT2D eigenvalue weighted by Gasteiger charge is 2.33. The number of carbonyl (C=O) groups excluding carboxylic acids is 2. The van der Waals surface area contributed by atoms with Crippen LogP contribution in [-0.4, -0.2) is 49.7 Å². The number of thioether (sulfide) groups is 1. The van der Waals surface area contributed by atoms with Crippen molar-refractivity contribution in [3.05, 3.63) is 124 Å². The Kier molecular flexibility index (Phi) is 9.14. The molecular weight excluding hydrogens is 593 g/mol. The van der Waals surface area contributed by atoms with Gasteiger partial charge in [-0.1, -0.05) is 84.1 Å². The zero-order valence-electron chi connectivity index (χ0n) is 24.0. The number of hydrogen-bond acceptors (Lipinski definition) is 8. The van der Waals surface area contributed by atoms with E-state index in [0.29, 0.717) is 23.2 Å². The van der Waals surface area contributed by atoms with Crippen LogP contribution in [0.3, 0.4) is 0 Å². The van der Waals surface area contributed by atoms with Crippen molar-refractivity contribution >= 4 is 40.6 Å². The molecule has 0 radical (unpaired) electrons. The van der Waals surface area contributed by atoms with E-state index in [1.807, 2.05) is 77.5 Å². The number of aryl methyl sites for hydroxylation is 1. The fraction of sp³-hybridized carbons (Fsp3) is 0.182. The lowest BCUT2D eigenvalue weighted by atomic mass is 10.00. The van der Waals surface area contributed by atoms with Crippen molar-refractivity contribution in [1.29, 1.82) is 0 Å². The van der Waals surface area contributed by atoms with Crippen molar-refractivity contribution < 1.29 is 14.3 Å². The van der Waals surface area contributed by atoms with Gasteiger partial charge in [0.05, 0.1) is 28.9 Å². The lowest BCUT2D eigenvalue weighted by Crippen LogP contribution is -2.29. The average molecular weight is 623 g/mol. The number of hydrogen-bond donors (Lipinski definition) is 1. The number of benzene rings is 3. The molecule has 44 heavy (non-hydrogen) atoms. The maximum Gasteiger partial charge on any atom is 0.258 e. The second-order valence-corrected chi connectivity index (χ2v) is 12.0. The van der Waals surface area contributed by atoms with Crippen LogP contribution < -0.4 is 10.1 Å². The molecule has 2 aromatic heterocycles. The fourth-order valence-corrected chi connectivity index (χ4v) is 6.36. The highest BCUT2D eigenvalue weighted by molar-refractivity contribution is 7.99. The van der Waals surface area contributed by atoms with Gasteiger partial charge in [-0.3, -0.25) is 14.2 Å². The molecule has 2 amide bonds. The van der Waals surface area contributed by atoms with Crippen LogP contribution in [0.2, 0.25) is 0 Å². The number of nitrogens with zero attached hydrogens (tertiary/aromatic N) is 5. The quantitative estimate of drug-likeness (QED) is 0.187. The van der Waals surface area contributed by atoms with E-state index in [1.54, 1.807) is 28.5 Å². The van der Waals surface area contributed by atoms with E-state index >= 15 is 0 Å². The summed E-state index contributed by atoms with van der Waals surface area (Å²) in [6.07, 6.45) is 0.651. The first kappa shape index (κ1) is 29.3. The lowest BCUT2D eigenvalue weighted by Gasteiger charge is -2.22. The van der Waals surface area contributed by atoms with Gasteiger partial charge in [-0.2, -0.15) is 5.10 Å². The van der Waals surface area contributed by atoms with Crippen LogP contribution in [0.4, 0.5) is 0 Å². The maximum absolute atomic E-state index is 13.7. The van der Waals surface area contributed by atoms with Crippen molar-refractivity contribution in [3.8, 4) is 11.4 Å². The second kappa shape index (κ2) is 13.7. The van der Waals surface area contributed by atoms with Gasteiger partial charge < -0.3 is 10.1 Å². The molecule has 3 heterocycles. The Balaban J connectivity index is 1.17. The Morgan fingerprint density at radius 2 is 1.70 bits per heavy atom. The minimum absolute atomic E-state index is 0.117. The number of thiophene rings is 1. The summed E-state index contributed by atoms with van der Waals surface area (Å²) in [4.78, 5) is 27.3. The maximum atomic E-state index is 13.7. The highest BCUT2D eigenvalue weighted by Crippen LogP contribution is 2.35. The summed E-state index contributed by atoms with van der Waals surface area (Å²) in [5.74, 6) is 0.870. The van der Waals surface area contributed by atoms with Crippen molar-refractivity contribution in [1.82, 2.24) is 25.1 Å². The molecule has 1 atom stereocenters. The SMILES string of the molecule is Cc1ccc([C@@H]2CC(c3cccs3)=NN2C(=O)CSc2nnc(CNC(=O)COc3ccccc3)n2-c2ccccc2)cc1. The zero-order chi connectivity index (χ0) is 30.3. The number of nitrogens with one attached hydrogen (secondary N) is 1. The molecule has 11 heteroatoms. The first-order valence-corrected chi connectivity index (χ1v) is 16.0. The summed E-state index contributed by atoms with van der Waals surface area (Å²) in [6, 6.07) is 30.9. The molecule has 6 rings (SSSR count). The summed E-state index contributed by atoms with van der Waals surface area (Å²) in [7, 11) is 0. The molecule has 3 aromatic carbocycles. The smallest absolute Gasteiger partial charge is 0.258 e. The summed E-state index contributed by atoms with van der Waals surface area (Å²) in [5.41, 5.74) is 3.95. The molecule has 9 nitrogen and oxygen atoms in total. The van der Waals surface area contributed by atoms with Crippen LogP contribution >= 0.6 is 23.1 Å². The zero-order valence-corrected chi connectivity index (χ0v) is 25.6. The number of carbonyl (C=O) groups is 2. The number of para-hydroxylation sites is 2. The standard InChI is InChI=1S/C33H30N6O3S2/c1-23-14-16-24(17-15-23)28-19-27(29-13-8-18-43-29)37-39(28)32(41)22-44-33-36-35-30(38(33)25-9-4-2-5-10-25)20-34-31(40)21-42-26-11-6-3-7-12-26/h2-18,28H,19-22H2,1H3,(H,34,40)/t28-/m0/s1. The van der Waals surface area contributed by atoms with Crippen molar-refractivity contribution in [2.45, 2.75) is 31.1 Å². The molecule has 0 bridgehead atoms. The van der Waals surface area contributed by atoms with Crippen molar-refractivity contribution in [3.63, 3.8) is 0 Å². The Bertz CT molecular complexity index is 1740.